The normalized spacial score (nSPS) is 11.8. The van der Waals surface area contributed by atoms with E-state index in [9.17, 15) is 15.0 Å². The minimum atomic E-state index is -1.03. The SMILES string of the molecule is N[C@H](CCN(Cc1ccccc1OCc1cccc(O)c1)Cc1ccccc1OCc1cccc(Cl)c1)C(=O)O. The highest BCUT2D eigenvalue weighted by molar-refractivity contribution is 6.30. The van der Waals surface area contributed by atoms with E-state index in [2.05, 4.69) is 4.90 Å². The van der Waals surface area contributed by atoms with E-state index in [1.807, 2.05) is 78.9 Å². The van der Waals surface area contributed by atoms with Crippen LogP contribution in [-0.4, -0.2) is 33.7 Å². The van der Waals surface area contributed by atoms with Crippen LogP contribution >= 0.6 is 11.6 Å². The third-order valence-electron chi connectivity index (χ3n) is 6.39. The van der Waals surface area contributed by atoms with Crippen molar-refractivity contribution in [1.82, 2.24) is 4.90 Å². The van der Waals surface area contributed by atoms with Crippen molar-refractivity contribution in [2.45, 2.75) is 38.8 Å². The number of nitrogens with zero attached hydrogens (tertiary/aromatic N) is 1. The van der Waals surface area contributed by atoms with Gasteiger partial charge in [0.1, 0.15) is 36.5 Å². The van der Waals surface area contributed by atoms with Crippen LogP contribution < -0.4 is 15.2 Å². The van der Waals surface area contributed by atoms with Gasteiger partial charge < -0.3 is 25.4 Å². The molecule has 0 spiro atoms. The van der Waals surface area contributed by atoms with Gasteiger partial charge >= 0.3 is 5.97 Å². The van der Waals surface area contributed by atoms with Gasteiger partial charge in [-0.2, -0.15) is 0 Å². The van der Waals surface area contributed by atoms with Gasteiger partial charge in [-0.15, -0.1) is 0 Å². The zero-order valence-corrected chi connectivity index (χ0v) is 22.8. The van der Waals surface area contributed by atoms with Gasteiger partial charge in [0.2, 0.25) is 0 Å². The Kier molecular flexibility index (Phi) is 10.4. The minimum absolute atomic E-state index is 0.187. The van der Waals surface area contributed by atoms with E-state index < -0.39 is 12.0 Å². The largest absolute Gasteiger partial charge is 0.508 e. The molecular formula is C32H33ClN2O5. The molecule has 0 saturated carbocycles. The summed E-state index contributed by atoms with van der Waals surface area (Å²) in [7, 11) is 0. The van der Waals surface area contributed by atoms with E-state index in [1.165, 1.54) is 0 Å². The molecule has 7 nitrogen and oxygen atoms in total. The van der Waals surface area contributed by atoms with Crippen molar-refractivity contribution in [2.75, 3.05) is 6.54 Å². The Hall–Kier alpha value is -4.04. The third kappa shape index (κ3) is 8.74. The smallest absolute Gasteiger partial charge is 0.320 e. The molecule has 40 heavy (non-hydrogen) atoms. The van der Waals surface area contributed by atoms with Gasteiger partial charge in [-0.3, -0.25) is 9.69 Å². The van der Waals surface area contributed by atoms with Gasteiger partial charge in [-0.1, -0.05) is 72.3 Å². The Balaban J connectivity index is 1.51. The van der Waals surface area contributed by atoms with Gasteiger partial charge in [0.05, 0.1) is 0 Å². The fourth-order valence-corrected chi connectivity index (χ4v) is 4.50. The van der Waals surface area contributed by atoms with Crippen molar-refractivity contribution in [3.8, 4) is 17.2 Å². The second-order valence-electron chi connectivity index (χ2n) is 9.54. The number of hydrogen-bond donors (Lipinski definition) is 3. The summed E-state index contributed by atoms with van der Waals surface area (Å²) in [6.45, 7) is 2.14. The van der Waals surface area contributed by atoms with Crippen LogP contribution in [0.4, 0.5) is 0 Å². The van der Waals surface area contributed by atoms with Crippen LogP contribution in [0.3, 0.4) is 0 Å². The fraction of sp³-hybridized carbons (Fsp3) is 0.219. The number of phenols is 1. The molecule has 4 aromatic rings. The summed E-state index contributed by atoms with van der Waals surface area (Å²) in [5, 5.41) is 19.8. The summed E-state index contributed by atoms with van der Waals surface area (Å²) in [6, 6.07) is 29.1. The Labute approximate surface area is 239 Å². The maximum atomic E-state index is 11.4. The van der Waals surface area contributed by atoms with Crippen molar-refractivity contribution in [1.29, 1.82) is 0 Å². The molecule has 4 N–H and O–H groups in total. The molecule has 0 heterocycles. The molecule has 1 atom stereocenters. The number of phenolic OH excluding ortho intramolecular Hbond substituents is 1. The number of benzene rings is 4. The van der Waals surface area contributed by atoms with E-state index in [1.54, 1.807) is 18.2 Å². The van der Waals surface area contributed by atoms with Crippen LogP contribution in [0.25, 0.3) is 0 Å². The first-order valence-electron chi connectivity index (χ1n) is 13.0. The Morgan fingerprint density at radius 1 is 0.800 bits per heavy atom. The second-order valence-corrected chi connectivity index (χ2v) is 9.97. The summed E-state index contributed by atoms with van der Waals surface area (Å²) >= 11 is 6.13. The summed E-state index contributed by atoms with van der Waals surface area (Å²) in [5.74, 6) is 0.610. The molecule has 4 rings (SSSR count). The maximum absolute atomic E-state index is 11.4. The monoisotopic (exact) mass is 560 g/mol. The van der Waals surface area contributed by atoms with Crippen LogP contribution in [0.2, 0.25) is 5.02 Å². The van der Waals surface area contributed by atoms with Crippen molar-refractivity contribution >= 4 is 17.6 Å². The summed E-state index contributed by atoms with van der Waals surface area (Å²) in [4.78, 5) is 13.6. The first-order valence-corrected chi connectivity index (χ1v) is 13.4. The average molecular weight is 561 g/mol. The van der Waals surface area contributed by atoms with Gasteiger partial charge in [-0.05, 0) is 53.9 Å². The number of carboxylic acids is 1. The highest BCUT2D eigenvalue weighted by Crippen LogP contribution is 2.26. The van der Waals surface area contributed by atoms with Crippen molar-refractivity contribution in [3.63, 3.8) is 0 Å². The van der Waals surface area contributed by atoms with Gasteiger partial charge in [0, 0.05) is 35.8 Å². The Morgan fingerprint density at radius 3 is 1.90 bits per heavy atom. The molecule has 0 amide bonds. The Morgan fingerprint density at radius 2 is 1.35 bits per heavy atom. The highest BCUT2D eigenvalue weighted by atomic mass is 35.5. The quantitative estimate of drug-likeness (QED) is 0.173. The lowest BCUT2D eigenvalue weighted by Crippen LogP contribution is -2.35. The first kappa shape index (κ1) is 29.0. The number of carboxylic acid groups (broad SMARTS) is 1. The number of nitrogens with two attached hydrogens (primary N) is 1. The number of rotatable bonds is 14. The molecule has 0 aliphatic rings. The summed E-state index contributed by atoms with van der Waals surface area (Å²) in [5.41, 5.74) is 9.58. The standard InChI is InChI=1S/C32H33ClN2O5/c33-27-11-5-7-23(17-27)21-39-30-13-3-1-9-25(30)19-35(16-15-29(34)32(37)38)20-26-10-2-4-14-31(26)40-22-24-8-6-12-28(36)18-24/h1-14,17-18,29,36H,15-16,19-22,34H2,(H,37,38)/t29-/m1/s1. The van der Waals surface area contributed by atoms with E-state index in [4.69, 9.17) is 26.8 Å². The fourth-order valence-electron chi connectivity index (χ4n) is 4.29. The first-order chi connectivity index (χ1) is 19.4. The second kappa shape index (κ2) is 14.4. The molecule has 8 heteroatoms. The van der Waals surface area contributed by atoms with Crippen molar-refractivity contribution in [3.05, 3.63) is 124 Å². The van der Waals surface area contributed by atoms with Crippen molar-refractivity contribution in [2.24, 2.45) is 5.73 Å². The molecule has 208 valence electrons. The lowest BCUT2D eigenvalue weighted by molar-refractivity contribution is -0.138. The van der Waals surface area contributed by atoms with Gasteiger partial charge in [0.25, 0.3) is 0 Å². The minimum Gasteiger partial charge on any atom is -0.508 e. The van der Waals surface area contributed by atoms with Crippen LogP contribution in [0.5, 0.6) is 17.2 Å². The number of aromatic hydroxyl groups is 1. The van der Waals surface area contributed by atoms with E-state index in [-0.39, 0.29) is 12.2 Å². The summed E-state index contributed by atoms with van der Waals surface area (Å²) < 4.78 is 12.3. The van der Waals surface area contributed by atoms with E-state index >= 15 is 0 Å². The maximum Gasteiger partial charge on any atom is 0.320 e. The molecule has 4 aromatic carbocycles. The van der Waals surface area contributed by atoms with Crippen LogP contribution in [0, 0.1) is 0 Å². The van der Waals surface area contributed by atoms with Crippen molar-refractivity contribution < 1.29 is 24.5 Å². The van der Waals surface area contributed by atoms with Gasteiger partial charge in [0.15, 0.2) is 0 Å². The number of hydrogen-bond acceptors (Lipinski definition) is 6. The molecule has 0 fully saturated rings. The predicted octanol–water partition coefficient (Wildman–Crippen LogP) is 6.01. The Bertz CT molecular complexity index is 1320. The number of ether oxygens (including phenoxy) is 2. The van der Waals surface area contributed by atoms with E-state index in [0.717, 1.165) is 28.0 Å². The van der Waals surface area contributed by atoms with Crippen LogP contribution in [-0.2, 0) is 31.1 Å². The zero-order chi connectivity index (χ0) is 28.3. The third-order valence-corrected chi connectivity index (χ3v) is 6.63. The molecular weight excluding hydrogens is 528 g/mol. The highest BCUT2D eigenvalue weighted by Gasteiger charge is 2.18. The number of aliphatic carboxylic acids is 1. The molecule has 0 radical (unpaired) electrons. The molecule has 0 unspecified atom stereocenters. The molecule has 0 aromatic heterocycles. The van der Waals surface area contributed by atoms with E-state index in [0.29, 0.717) is 43.6 Å². The summed E-state index contributed by atoms with van der Waals surface area (Å²) in [6.07, 6.45) is 0.285. The molecule has 0 bridgehead atoms. The average Bonchev–Trinajstić information content (AvgIpc) is 2.95. The lowest BCUT2D eigenvalue weighted by Gasteiger charge is -2.25. The number of carbonyl (C=O) groups is 1. The predicted molar refractivity (Wildman–Crippen MR) is 155 cm³/mol. The van der Waals surface area contributed by atoms with Gasteiger partial charge in [-0.25, -0.2) is 0 Å². The molecule has 0 aliphatic heterocycles. The van der Waals surface area contributed by atoms with Crippen LogP contribution in [0.1, 0.15) is 28.7 Å². The lowest BCUT2D eigenvalue weighted by atomic mass is 10.1. The zero-order valence-electron chi connectivity index (χ0n) is 22.1. The topological polar surface area (TPSA) is 105 Å². The molecule has 0 aliphatic carbocycles. The van der Waals surface area contributed by atoms with Crippen LogP contribution in [0.15, 0.2) is 97.1 Å². The number of para-hydroxylation sites is 2. The number of halogens is 1. The molecule has 0 saturated heterocycles.